The Labute approximate surface area is 121 Å². The molecule has 114 valence electrons. The van der Waals surface area contributed by atoms with E-state index in [1.165, 1.54) is 5.56 Å². The topological polar surface area (TPSA) is 15.3 Å². The summed E-state index contributed by atoms with van der Waals surface area (Å²) < 4.78 is 24.5. The Kier molecular flexibility index (Phi) is 7.70. The van der Waals surface area contributed by atoms with Crippen molar-refractivity contribution in [3.63, 3.8) is 0 Å². The third-order valence-corrected chi connectivity index (χ3v) is 3.07. The van der Waals surface area contributed by atoms with Crippen LogP contribution in [0.5, 0.6) is 0 Å². The van der Waals surface area contributed by atoms with Gasteiger partial charge < -0.3 is 5.32 Å². The van der Waals surface area contributed by atoms with Gasteiger partial charge in [0, 0.05) is 6.54 Å². The molecule has 4 heteroatoms. The molecule has 0 unspecified atom stereocenters. The van der Waals surface area contributed by atoms with Crippen molar-refractivity contribution in [2.45, 2.75) is 33.2 Å². The van der Waals surface area contributed by atoms with Crippen molar-refractivity contribution in [2.24, 2.45) is 5.92 Å². The highest BCUT2D eigenvalue weighted by Gasteiger charge is 2.07. The molecule has 1 aromatic rings. The minimum absolute atomic E-state index is 0.180. The van der Waals surface area contributed by atoms with Crippen LogP contribution in [0.15, 0.2) is 24.3 Å². The van der Waals surface area contributed by atoms with Crippen LogP contribution in [0.4, 0.5) is 8.78 Å². The summed E-state index contributed by atoms with van der Waals surface area (Å²) in [5.74, 6) is 0.669. The number of nitrogens with one attached hydrogen (secondary N) is 1. The third-order valence-electron chi connectivity index (χ3n) is 3.07. The average molecular weight is 284 g/mol. The molecule has 0 aliphatic carbocycles. The van der Waals surface area contributed by atoms with Gasteiger partial charge in [-0.15, -0.1) is 0 Å². The molecule has 0 saturated carbocycles. The van der Waals surface area contributed by atoms with Crippen LogP contribution in [0.3, 0.4) is 0 Å². The number of hydrogen-bond donors (Lipinski definition) is 1. The second kappa shape index (κ2) is 9.03. The van der Waals surface area contributed by atoms with Crippen molar-refractivity contribution in [2.75, 3.05) is 26.7 Å². The molecule has 0 atom stereocenters. The van der Waals surface area contributed by atoms with Crippen LogP contribution in [-0.2, 0) is 13.0 Å². The minimum atomic E-state index is -2.27. The molecule has 0 aromatic heterocycles. The average Bonchev–Trinajstić information content (AvgIpc) is 2.35. The molecule has 0 aliphatic rings. The van der Waals surface area contributed by atoms with Gasteiger partial charge in [-0.1, -0.05) is 38.1 Å². The molecule has 0 spiro atoms. The predicted molar refractivity (Wildman–Crippen MR) is 80.2 cm³/mol. The molecular formula is C16H26F2N2. The molecule has 2 nitrogen and oxygen atoms in total. The van der Waals surface area contributed by atoms with E-state index in [0.29, 0.717) is 12.5 Å². The van der Waals surface area contributed by atoms with E-state index in [9.17, 15) is 8.78 Å². The van der Waals surface area contributed by atoms with Crippen LogP contribution in [0.25, 0.3) is 0 Å². The maximum atomic E-state index is 12.2. The zero-order chi connectivity index (χ0) is 15.0. The number of nitrogens with zero attached hydrogens (tertiary/aromatic N) is 1. The van der Waals surface area contributed by atoms with Crippen molar-refractivity contribution in [3.05, 3.63) is 35.4 Å². The summed E-state index contributed by atoms with van der Waals surface area (Å²) in [6.07, 6.45) is -1.27. The number of hydrogen-bond acceptors (Lipinski definition) is 2. The van der Waals surface area contributed by atoms with Crippen LogP contribution in [-0.4, -0.2) is 38.0 Å². The van der Waals surface area contributed by atoms with E-state index in [-0.39, 0.29) is 6.54 Å². The summed E-state index contributed by atoms with van der Waals surface area (Å²) in [5, 5.41) is 3.41. The van der Waals surface area contributed by atoms with Crippen LogP contribution >= 0.6 is 0 Å². The summed E-state index contributed by atoms with van der Waals surface area (Å²) in [7, 11) is 1.72. The summed E-state index contributed by atoms with van der Waals surface area (Å²) in [5.41, 5.74) is 2.36. The van der Waals surface area contributed by atoms with Crippen molar-refractivity contribution in [1.29, 1.82) is 0 Å². The first-order valence-electron chi connectivity index (χ1n) is 7.22. The number of benzene rings is 1. The fourth-order valence-electron chi connectivity index (χ4n) is 2.05. The summed E-state index contributed by atoms with van der Waals surface area (Å²) in [4.78, 5) is 1.64. The molecule has 0 amide bonds. The molecular weight excluding hydrogens is 258 g/mol. The van der Waals surface area contributed by atoms with Gasteiger partial charge in [0.15, 0.2) is 0 Å². The number of alkyl halides is 2. The Balaban J connectivity index is 2.32. The summed E-state index contributed by atoms with van der Waals surface area (Å²) in [6.45, 7) is 6.78. The van der Waals surface area contributed by atoms with E-state index in [4.69, 9.17) is 0 Å². The maximum Gasteiger partial charge on any atom is 0.251 e. The predicted octanol–water partition coefficient (Wildman–Crippen LogP) is 3.17. The second-order valence-corrected chi connectivity index (χ2v) is 5.75. The summed E-state index contributed by atoms with van der Waals surface area (Å²) >= 11 is 0. The Hall–Kier alpha value is -1.00. The van der Waals surface area contributed by atoms with Gasteiger partial charge >= 0.3 is 0 Å². The van der Waals surface area contributed by atoms with E-state index in [1.807, 2.05) is 12.1 Å². The van der Waals surface area contributed by atoms with E-state index >= 15 is 0 Å². The molecule has 0 radical (unpaired) electrons. The Morgan fingerprint density at radius 3 is 2.25 bits per heavy atom. The van der Waals surface area contributed by atoms with Gasteiger partial charge in [-0.3, -0.25) is 4.90 Å². The number of rotatable bonds is 9. The largest absolute Gasteiger partial charge is 0.316 e. The van der Waals surface area contributed by atoms with Gasteiger partial charge in [0.05, 0.1) is 6.54 Å². The van der Waals surface area contributed by atoms with Crippen LogP contribution in [0.2, 0.25) is 0 Å². The zero-order valence-corrected chi connectivity index (χ0v) is 12.7. The number of halogens is 2. The molecule has 1 N–H and O–H groups in total. The van der Waals surface area contributed by atoms with Gasteiger partial charge in [-0.05, 0) is 43.6 Å². The first-order valence-corrected chi connectivity index (χ1v) is 7.22. The maximum absolute atomic E-state index is 12.2. The van der Waals surface area contributed by atoms with Crippen LogP contribution in [0, 0.1) is 5.92 Å². The lowest BCUT2D eigenvalue weighted by molar-refractivity contribution is 0.0975. The first kappa shape index (κ1) is 17.1. The molecule has 0 bridgehead atoms. The SMILES string of the molecule is CC(C)CNCCc1ccc(CN(C)CC(F)F)cc1. The Bertz CT molecular complexity index is 363. The van der Waals surface area contributed by atoms with Crippen molar-refractivity contribution >= 4 is 0 Å². The van der Waals surface area contributed by atoms with Crippen molar-refractivity contribution < 1.29 is 8.78 Å². The monoisotopic (exact) mass is 284 g/mol. The molecule has 1 rings (SSSR count). The van der Waals surface area contributed by atoms with Crippen LogP contribution < -0.4 is 5.32 Å². The fourth-order valence-corrected chi connectivity index (χ4v) is 2.05. The van der Waals surface area contributed by atoms with Gasteiger partial charge in [0.25, 0.3) is 6.43 Å². The highest BCUT2D eigenvalue weighted by atomic mass is 19.3. The second-order valence-electron chi connectivity index (χ2n) is 5.75. The van der Waals surface area contributed by atoms with Gasteiger partial charge in [0.1, 0.15) is 0 Å². The Morgan fingerprint density at radius 2 is 1.70 bits per heavy atom. The zero-order valence-electron chi connectivity index (χ0n) is 12.7. The van der Waals surface area contributed by atoms with E-state index < -0.39 is 6.43 Å². The third kappa shape index (κ3) is 7.56. The first-order chi connectivity index (χ1) is 9.47. The lowest BCUT2D eigenvalue weighted by Gasteiger charge is -2.16. The van der Waals surface area contributed by atoms with Crippen molar-refractivity contribution in [3.8, 4) is 0 Å². The summed E-state index contributed by atoms with van der Waals surface area (Å²) in [6, 6.07) is 8.23. The molecule has 0 fully saturated rings. The molecule has 20 heavy (non-hydrogen) atoms. The minimum Gasteiger partial charge on any atom is -0.316 e. The molecule has 0 heterocycles. The smallest absolute Gasteiger partial charge is 0.251 e. The van der Waals surface area contributed by atoms with Gasteiger partial charge in [-0.2, -0.15) is 0 Å². The van der Waals surface area contributed by atoms with Crippen LogP contribution in [0.1, 0.15) is 25.0 Å². The highest BCUT2D eigenvalue weighted by Crippen LogP contribution is 2.08. The van der Waals surface area contributed by atoms with Crippen molar-refractivity contribution in [1.82, 2.24) is 10.2 Å². The Morgan fingerprint density at radius 1 is 1.10 bits per heavy atom. The lowest BCUT2D eigenvalue weighted by Crippen LogP contribution is -2.24. The fraction of sp³-hybridized carbons (Fsp3) is 0.625. The van der Waals surface area contributed by atoms with E-state index in [2.05, 4.69) is 31.3 Å². The lowest BCUT2D eigenvalue weighted by atomic mass is 10.1. The molecule has 1 aromatic carbocycles. The van der Waals surface area contributed by atoms with E-state index in [0.717, 1.165) is 25.1 Å². The quantitative estimate of drug-likeness (QED) is 0.701. The normalized spacial score (nSPS) is 11.8. The molecule has 0 saturated heterocycles. The van der Waals surface area contributed by atoms with Gasteiger partial charge in [-0.25, -0.2) is 8.78 Å². The standard InChI is InChI=1S/C16H26F2N2/c1-13(2)10-19-9-8-14-4-6-15(7-5-14)11-20(3)12-16(17)18/h4-7,13,16,19H,8-12H2,1-3H3. The molecule has 0 aliphatic heterocycles. The van der Waals surface area contributed by atoms with E-state index in [1.54, 1.807) is 11.9 Å². The van der Waals surface area contributed by atoms with Gasteiger partial charge in [0.2, 0.25) is 0 Å². The highest BCUT2D eigenvalue weighted by molar-refractivity contribution is 5.22.